The van der Waals surface area contributed by atoms with Crippen LogP contribution >= 0.6 is 0 Å². The molecule has 0 bridgehead atoms. The molecule has 3 rings (SSSR count). The second-order valence-corrected chi connectivity index (χ2v) is 4.47. The van der Waals surface area contributed by atoms with Gasteiger partial charge >= 0.3 is 0 Å². The summed E-state index contributed by atoms with van der Waals surface area (Å²) in [5.74, 6) is 1.76. The Morgan fingerprint density at radius 3 is 2.60 bits per heavy atom. The number of hydrogen-bond acceptors (Lipinski definition) is 2. The van der Waals surface area contributed by atoms with Crippen LogP contribution in [0, 0.1) is 0 Å². The van der Waals surface area contributed by atoms with Gasteiger partial charge < -0.3 is 9.72 Å². The highest BCUT2D eigenvalue weighted by Crippen LogP contribution is 2.15. The standard InChI is InChI=1S/C17H16N2O/c1-2-20-14-10-7-13(8-11-14)9-12-17-18-15-5-3-4-6-16(15)19-17/h3-12H,2H2,1H3,(H,18,19)/b12-9+. The number of nitrogens with one attached hydrogen (secondary N) is 1. The summed E-state index contributed by atoms with van der Waals surface area (Å²) in [6.45, 7) is 2.67. The molecule has 1 N–H and O–H groups in total. The normalized spacial score (nSPS) is 11.2. The molecule has 0 unspecified atom stereocenters. The van der Waals surface area contributed by atoms with Crippen molar-refractivity contribution >= 4 is 23.2 Å². The summed E-state index contributed by atoms with van der Waals surface area (Å²) in [5.41, 5.74) is 3.16. The highest BCUT2D eigenvalue weighted by Gasteiger charge is 1.98. The maximum Gasteiger partial charge on any atom is 0.131 e. The van der Waals surface area contributed by atoms with E-state index in [1.807, 2.05) is 67.6 Å². The van der Waals surface area contributed by atoms with Gasteiger partial charge in [0.1, 0.15) is 11.6 Å². The van der Waals surface area contributed by atoms with E-state index in [0.29, 0.717) is 6.61 Å². The van der Waals surface area contributed by atoms with Crippen LogP contribution in [0.1, 0.15) is 18.3 Å². The van der Waals surface area contributed by atoms with Crippen molar-refractivity contribution in [1.29, 1.82) is 0 Å². The SMILES string of the molecule is CCOc1ccc(/C=C/c2nc3ccccc3[nH]2)cc1. The van der Waals surface area contributed by atoms with Crippen LogP contribution in [0.25, 0.3) is 23.2 Å². The smallest absolute Gasteiger partial charge is 0.131 e. The zero-order chi connectivity index (χ0) is 13.8. The van der Waals surface area contributed by atoms with E-state index >= 15 is 0 Å². The van der Waals surface area contributed by atoms with Crippen LogP contribution in [0.5, 0.6) is 5.75 Å². The summed E-state index contributed by atoms with van der Waals surface area (Å²) < 4.78 is 5.42. The maximum atomic E-state index is 5.42. The van der Waals surface area contributed by atoms with E-state index in [9.17, 15) is 0 Å². The maximum absolute atomic E-state index is 5.42. The third-order valence-corrected chi connectivity index (χ3v) is 3.03. The Morgan fingerprint density at radius 2 is 1.85 bits per heavy atom. The molecule has 0 saturated heterocycles. The van der Waals surface area contributed by atoms with Gasteiger partial charge in [0.15, 0.2) is 0 Å². The molecular formula is C17H16N2O. The van der Waals surface area contributed by atoms with Gasteiger partial charge in [0.25, 0.3) is 0 Å². The van der Waals surface area contributed by atoms with Gasteiger partial charge in [0, 0.05) is 0 Å². The van der Waals surface area contributed by atoms with Crippen molar-refractivity contribution in [1.82, 2.24) is 9.97 Å². The molecule has 0 spiro atoms. The van der Waals surface area contributed by atoms with Gasteiger partial charge in [0.2, 0.25) is 0 Å². The number of nitrogens with zero attached hydrogens (tertiary/aromatic N) is 1. The molecule has 100 valence electrons. The van der Waals surface area contributed by atoms with Crippen LogP contribution in [-0.2, 0) is 0 Å². The first-order valence-electron chi connectivity index (χ1n) is 6.71. The summed E-state index contributed by atoms with van der Waals surface area (Å²) >= 11 is 0. The average Bonchev–Trinajstić information content (AvgIpc) is 2.90. The first-order valence-corrected chi connectivity index (χ1v) is 6.71. The van der Waals surface area contributed by atoms with Crippen LogP contribution in [0.15, 0.2) is 48.5 Å². The van der Waals surface area contributed by atoms with Crippen molar-refractivity contribution in [3.8, 4) is 5.75 Å². The lowest BCUT2D eigenvalue weighted by Gasteiger charge is -2.01. The van der Waals surface area contributed by atoms with Gasteiger partial charge in [-0.05, 0) is 42.8 Å². The molecule has 0 fully saturated rings. The lowest BCUT2D eigenvalue weighted by Crippen LogP contribution is -1.90. The largest absolute Gasteiger partial charge is 0.494 e. The topological polar surface area (TPSA) is 37.9 Å². The molecule has 0 saturated carbocycles. The molecule has 1 aromatic heterocycles. The Balaban J connectivity index is 1.79. The quantitative estimate of drug-likeness (QED) is 0.769. The van der Waals surface area contributed by atoms with Crippen molar-refractivity contribution in [3.63, 3.8) is 0 Å². The van der Waals surface area contributed by atoms with Crippen LogP contribution in [0.3, 0.4) is 0 Å². The van der Waals surface area contributed by atoms with Crippen LogP contribution in [-0.4, -0.2) is 16.6 Å². The first-order chi connectivity index (χ1) is 9.85. The molecule has 20 heavy (non-hydrogen) atoms. The van der Waals surface area contributed by atoms with Gasteiger partial charge in [0.05, 0.1) is 17.6 Å². The van der Waals surface area contributed by atoms with E-state index < -0.39 is 0 Å². The van der Waals surface area contributed by atoms with Crippen molar-refractivity contribution in [2.24, 2.45) is 0 Å². The summed E-state index contributed by atoms with van der Waals surface area (Å²) in [4.78, 5) is 7.78. The second kappa shape index (κ2) is 5.61. The molecule has 3 nitrogen and oxygen atoms in total. The summed E-state index contributed by atoms with van der Waals surface area (Å²) in [5, 5.41) is 0. The molecule has 0 amide bonds. The van der Waals surface area contributed by atoms with Gasteiger partial charge in [-0.15, -0.1) is 0 Å². The zero-order valence-corrected chi connectivity index (χ0v) is 11.3. The Labute approximate surface area is 117 Å². The number of imidazole rings is 1. The molecule has 0 aliphatic heterocycles. The van der Waals surface area contributed by atoms with Gasteiger partial charge in [-0.3, -0.25) is 0 Å². The Hall–Kier alpha value is -2.55. The Morgan fingerprint density at radius 1 is 1.05 bits per heavy atom. The monoisotopic (exact) mass is 264 g/mol. The van der Waals surface area contributed by atoms with Crippen molar-refractivity contribution < 1.29 is 4.74 Å². The van der Waals surface area contributed by atoms with Crippen molar-refractivity contribution in [3.05, 3.63) is 59.9 Å². The molecule has 1 heterocycles. The molecule has 0 aliphatic carbocycles. The fourth-order valence-electron chi connectivity index (χ4n) is 2.07. The summed E-state index contributed by atoms with van der Waals surface area (Å²) in [7, 11) is 0. The highest BCUT2D eigenvalue weighted by atomic mass is 16.5. The van der Waals surface area contributed by atoms with E-state index in [1.165, 1.54) is 0 Å². The number of aromatic amines is 1. The fraction of sp³-hybridized carbons (Fsp3) is 0.118. The fourth-order valence-corrected chi connectivity index (χ4v) is 2.07. The van der Waals surface area contributed by atoms with Gasteiger partial charge in [-0.2, -0.15) is 0 Å². The van der Waals surface area contributed by atoms with E-state index in [4.69, 9.17) is 4.74 Å². The minimum absolute atomic E-state index is 0.689. The van der Waals surface area contributed by atoms with Crippen molar-refractivity contribution in [2.45, 2.75) is 6.92 Å². The van der Waals surface area contributed by atoms with Crippen LogP contribution in [0.4, 0.5) is 0 Å². The number of aromatic nitrogens is 2. The molecule has 0 atom stereocenters. The summed E-state index contributed by atoms with van der Waals surface area (Å²) in [6, 6.07) is 16.0. The minimum atomic E-state index is 0.689. The van der Waals surface area contributed by atoms with E-state index in [0.717, 1.165) is 28.2 Å². The van der Waals surface area contributed by atoms with E-state index in [1.54, 1.807) is 0 Å². The summed E-state index contributed by atoms with van der Waals surface area (Å²) in [6.07, 6.45) is 4.02. The third-order valence-electron chi connectivity index (χ3n) is 3.03. The second-order valence-electron chi connectivity index (χ2n) is 4.47. The molecule has 0 radical (unpaired) electrons. The first kappa shape index (κ1) is 12.5. The molecule has 0 aliphatic rings. The highest BCUT2D eigenvalue weighted by molar-refractivity contribution is 5.78. The lowest BCUT2D eigenvalue weighted by molar-refractivity contribution is 0.340. The zero-order valence-electron chi connectivity index (χ0n) is 11.3. The van der Waals surface area contributed by atoms with Crippen LogP contribution in [0.2, 0.25) is 0 Å². The van der Waals surface area contributed by atoms with E-state index in [-0.39, 0.29) is 0 Å². The number of ether oxygens (including phenoxy) is 1. The minimum Gasteiger partial charge on any atom is -0.494 e. The van der Waals surface area contributed by atoms with Gasteiger partial charge in [-0.1, -0.05) is 30.3 Å². The number of rotatable bonds is 4. The molecular weight excluding hydrogens is 248 g/mol. The molecule has 3 heteroatoms. The third kappa shape index (κ3) is 2.72. The number of hydrogen-bond donors (Lipinski definition) is 1. The average molecular weight is 264 g/mol. The number of benzene rings is 2. The predicted octanol–water partition coefficient (Wildman–Crippen LogP) is 4.13. The Kier molecular flexibility index (Phi) is 3.50. The Bertz CT molecular complexity index is 693. The number of H-pyrrole nitrogens is 1. The van der Waals surface area contributed by atoms with E-state index in [2.05, 4.69) is 9.97 Å². The van der Waals surface area contributed by atoms with Crippen molar-refractivity contribution in [2.75, 3.05) is 6.61 Å². The van der Waals surface area contributed by atoms with Crippen LogP contribution < -0.4 is 4.74 Å². The lowest BCUT2D eigenvalue weighted by atomic mass is 10.2. The number of fused-ring (bicyclic) bond motifs is 1. The molecule has 2 aromatic carbocycles. The predicted molar refractivity (Wildman–Crippen MR) is 82.6 cm³/mol. The van der Waals surface area contributed by atoms with Gasteiger partial charge in [-0.25, -0.2) is 4.98 Å². The molecule has 3 aromatic rings. The number of para-hydroxylation sites is 2.